The van der Waals surface area contributed by atoms with Gasteiger partial charge in [-0.25, -0.2) is 0 Å². The summed E-state index contributed by atoms with van der Waals surface area (Å²) >= 11 is 0. The lowest BCUT2D eigenvalue weighted by atomic mass is 9.85. The predicted octanol–water partition coefficient (Wildman–Crippen LogP) is 0.507. The van der Waals surface area contributed by atoms with Crippen molar-refractivity contribution < 1.29 is 14.7 Å². The Labute approximate surface area is 115 Å². The van der Waals surface area contributed by atoms with E-state index in [1.165, 1.54) is 24.3 Å². The van der Waals surface area contributed by atoms with E-state index in [4.69, 9.17) is 11.5 Å². The first-order valence-corrected chi connectivity index (χ1v) is 5.94. The molecule has 2 aromatic rings. The maximum Gasteiger partial charge on any atom is 0.258 e. The van der Waals surface area contributed by atoms with Crippen LogP contribution in [0.5, 0.6) is 0 Å². The molecule has 0 aliphatic carbocycles. The molecule has 1 unspecified atom stereocenters. The van der Waals surface area contributed by atoms with E-state index in [0.717, 1.165) is 0 Å². The summed E-state index contributed by atoms with van der Waals surface area (Å²) in [6.07, 6.45) is 0. The lowest BCUT2D eigenvalue weighted by Gasteiger charge is -2.25. The van der Waals surface area contributed by atoms with E-state index in [-0.39, 0.29) is 11.1 Å². The quantitative estimate of drug-likeness (QED) is 0.753. The summed E-state index contributed by atoms with van der Waals surface area (Å²) in [6, 6.07) is 14.2. The fourth-order valence-electron chi connectivity index (χ4n) is 2.01. The summed E-state index contributed by atoms with van der Waals surface area (Å²) in [4.78, 5) is 22.8. The van der Waals surface area contributed by atoms with Crippen LogP contribution in [-0.4, -0.2) is 16.9 Å². The lowest BCUT2D eigenvalue weighted by Crippen LogP contribution is -2.42. The smallest absolute Gasteiger partial charge is 0.258 e. The van der Waals surface area contributed by atoms with Crippen LogP contribution >= 0.6 is 0 Å². The minimum atomic E-state index is -1.95. The highest BCUT2D eigenvalue weighted by Gasteiger charge is 2.37. The molecule has 0 aromatic heterocycles. The van der Waals surface area contributed by atoms with Gasteiger partial charge in [0.1, 0.15) is 0 Å². The molecule has 0 saturated carbocycles. The number of hydrogen-bond acceptors (Lipinski definition) is 3. The first kappa shape index (κ1) is 13.8. The van der Waals surface area contributed by atoms with Crippen LogP contribution in [0.2, 0.25) is 0 Å². The van der Waals surface area contributed by atoms with Crippen molar-refractivity contribution in [2.24, 2.45) is 11.5 Å². The van der Waals surface area contributed by atoms with Gasteiger partial charge in [0.05, 0.1) is 0 Å². The number of primary amides is 2. The maximum atomic E-state index is 11.7. The molecule has 0 fully saturated rings. The fourth-order valence-corrected chi connectivity index (χ4v) is 2.01. The standard InChI is InChI=1S/C15H14N2O3/c16-13(18)10-6-8-12(9-7-10)15(20,14(17)19)11-4-2-1-3-5-11/h1-9,20H,(H2,16,18)(H2,17,19). The normalized spacial score (nSPS) is 13.4. The molecule has 1 atom stereocenters. The van der Waals surface area contributed by atoms with Crippen LogP contribution in [0.4, 0.5) is 0 Å². The summed E-state index contributed by atoms with van der Waals surface area (Å²) in [6.45, 7) is 0. The average Bonchev–Trinajstić information content (AvgIpc) is 2.47. The zero-order chi connectivity index (χ0) is 14.8. The molecule has 2 aromatic carbocycles. The SMILES string of the molecule is NC(=O)c1ccc(C(O)(C(N)=O)c2ccccc2)cc1. The number of benzene rings is 2. The Morgan fingerprint density at radius 1 is 0.850 bits per heavy atom. The summed E-state index contributed by atoms with van der Waals surface area (Å²) in [7, 11) is 0. The minimum absolute atomic E-state index is 0.279. The third kappa shape index (κ3) is 2.26. The van der Waals surface area contributed by atoms with Crippen LogP contribution in [0.25, 0.3) is 0 Å². The molecule has 102 valence electrons. The first-order valence-electron chi connectivity index (χ1n) is 5.94. The van der Waals surface area contributed by atoms with Gasteiger partial charge in [-0.05, 0) is 23.3 Å². The highest BCUT2D eigenvalue weighted by Crippen LogP contribution is 2.29. The molecule has 5 N–H and O–H groups in total. The number of hydrogen-bond donors (Lipinski definition) is 3. The van der Waals surface area contributed by atoms with Crippen molar-refractivity contribution in [2.45, 2.75) is 5.60 Å². The Kier molecular flexibility index (Phi) is 3.54. The number of nitrogens with two attached hydrogens (primary N) is 2. The van der Waals surface area contributed by atoms with Crippen LogP contribution in [0.3, 0.4) is 0 Å². The Morgan fingerprint density at radius 2 is 1.35 bits per heavy atom. The summed E-state index contributed by atoms with van der Waals surface area (Å²) in [5.74, 6) is -1.48. The van der Waals surface area contributed by atoms with E-state index in [9.17, 15) is 14.7 Å². The molecule has 20 heavy (non-hydrogen) atoms. The molecule has 0 radical (unpaired) electrons. The van der Waals surface area contributed by atoms with Crippen LogP contribution < -0.4 is 11.5 Å². The second-order valence-electron chi connectivity index (χ2n) is 4.38. The number of carbonyl (C=O) groups excluding carboxylic acids is 2. The predicted molar refractivity (Wildman–Crippen MR) is 73.6 cm³/mol. The molecule has 0 aliphatic heterocycles. The molecule has 0 bridgehead atoms. The largest absolute Gasteiger partial charge is 0.372 e. The van der Waals surface area contributed by atoms with Gasteiger partial charge >= 0.3 is 0 Å². The van der Waals surface area contributed by atoms with Gasteiger partial charge < -0.3 is 16.6 Å². The summed E-state index contributed by atoms with van der Waals surface area (Å²) < 4.78 is 0. The average molecular weight is 270 g/mol. The van der Waals surface area contributed by atoms with E-state index >= 15 is 0 Å². The van der Waals surface area contributed by atoms with Crippen molar-refractivity contribution >= 4 is 11.8 Å². The monoisotopic (exact) mass is 270 g/mol. The van der Waals surface area contributed by atoms with Crippen molar-refractivity contribution in [3.63, 3.8) is 0 Å². The lowest BCUT2D eigenvalue weighted by molar-refractivity contribution is -0.133. The molecule has 0 spiro atoms. The van der Waals surface area contributed by atoms with Gasteiger partial charge in [0.2, 0.25) is 5.91 Å². The van der Waals surface area contributed by atoms with E-state index in [2.05, 4.69) is 0 Å². The van der Waals surface area contributed by atoms with Gasteiger partial charge in [-0.2, -0.15) is 0 Å². The zero-order valence-electron chi connectivity index (χ0n) is 10.6. The van der Waals surface area contributed by atoms with Gasteiger partial charge in [-0.3, -0.25) is 9.59 Å². The Bertz CT molecular complexity index is 638. The zero-order valence-corrected chi connectivity index (χ0v) is 10.6. The molecule has 2 rings (SSSR count). The van der Waals surface area contributed by atoms with Gasteiger partial charge in [0.25, 0.3) is 5.91 Å². The second-order valence-corrected chi connectivity index (χ2v) is 4.38. The summed E-state index contributed by atoms with van der Waals surface area (Å²) in [5, 5.41) is 10.7. The summed E-state index contributed by atoms with van der Waals surface area (Å²) in [5.41, 5.74) is 9.48. The molecule has 2 amide bonds. The van der Waals surface area contributed by atoms with Crippen molar-refractivity contribution in [3.8, 4) is 0 Å². The van der Waals surface area contributed by atoms with Crippen molar-refractivity contribution in [2.75, 3.05) is 0 Å². The van der Waals surface area contributed by atoms with Crippen molar-refractivity contribution in [3.05, 3.63) is 71.3 Å². The topological polar surface area (TPSA) is 106 Å². The van der Waals surface area contributed by atoms with Crippen LogP contribution in [0, 0.1) is 0 Å². The second kappa shape index (κ2) is 5.14. The molecule has 0 saturated heterocycles. The maximum absolute atomic E-state index is 11.7. The minimum Gasteiger partial charge on any atom is -0.372 e. The van der Waals surface area contributed by atoms with Gasteiger partial charge in [-0.1, -0.05) is 42.5 Å². The van der Waals surface area contributed by atoms with Crippen LogP contribution in [-0.2, 0) is 10.4 Å². The number of rotatable bonds is 4. The Hall–Kier alpha value is -2.66. The van der Waals surface area contributed by atoms with E-state index in [0.29, 0.717) is 5.56 Å². The van der Waals surface area contributed by atoms with Crippen molar-refractivity contribution in [1.29, 1.82) is 0 Å². The van der Waals surface area contributed by atoms with Crippen LogP contribution in [0.15, 0.2) is 54.6 Å². The van der Waals surface area contributed by atoms with E-state index in [1.54, 1.807) is 30.3 Å². The van der Waals surface area contributed by atoms with Crippen LogP contribution in [0.1, 0.15) is 21.5 Å². The molecule has 0 heterocycles. The molecule has 5 nitrogen and oxygen atoms in total. The third-order valence-corrected chi connectivity index (χ3v) is 3.14. The highest BCUT2D eigenvalue weighted by molar-refractivity contribution is 5.93. The van der Waals surface area contributed by atoms with E-state index < -0.39 is 17.4 Å². The highest BCUT2D eigenvalue weighted by atomic mass is 16.3. The van der Waals surface area contributed by atoms with Gasteiger partial charge in [-0.15, -0.1) is 0 Å². The number of amides is 2. The Morgan fingerprint density at radius 3 is 1.80 bits per heavy atom. The van der Waals surface area contributed by atoms with Gasteiger partial charge in [0.15, 0.2) is 5.60 Å². The molecule has 5 heteroatoms. The number of carbonyl (C=O) groups is 2. The molecular formula is C15H14N2O3. The van der Waals surface area contributed by atoms with E-state index in [1.807, 2.05) is 0 Å². The van der Waals surface area contributed by atoms with Crippen molar-refractivity contribution in [1.82, 2.24) is 0 Å². The Balaban J connectivity index is 2.54. The first-order chi connectivity index (χ1) is 9.46. The molecular weight excluding hydrogens is 256 g/mol. The number of aliphatic hydroxyl groups is 1. The molecule has 0 aliphatic rings. The fraction of sp³-hybridized carbons (Fsp3) is 0.0667. The third-order valence-electron chi connectivity index (χ3n) is 3.14. The van der Waals surface area contributed by atoms with Gasteiger partial charge in [0, 0.05) is 5.56 Å².